The van der Waals surface area contributed by atoms with E-state index in [4.69, 9.17) is 0 Å². The molecule has 138 valence electrons. The summed E-state index contributed by atoms with van der Waals surface area (Å²) in [6.07, 6.45) is 6.04. The van der Waals surface area contributed by atoms with E-state index in [1.807, 2.05) is 45.1 Å². The van der Waals surface area contributed by atoms with Crippen LogP contribution in [0.15, 0.2) is 24.3 Å². The molecular formula is C21H26N2O3. The van der Waals surface area contributed by atoms with Crippen molar-refractivity contribution in [3.05, 3.63) is 41.0 Å². The van der Waals surface area contributed by atoms with Gasteiger partial charge in [-0.25, -0.2) is 0 Å². The predicted octanol–water partition coefficient (Wildman–Crippen LogP) is 3.28. The van der Waals surface area contributed by atoms with Gasteiger partial charge < -0.3 is 5.32 Å². The van der Waals surface area contributed by atoms with E-state index in [1.54, 1.807) is 0 Å². The number of aryl methyl sites for hydroxylation is 3. The van der Waals surface area contributed by atoms with Crippen LogP contribution >= 0.6 is 0 Å². The fourth-order valence-corrected chi connectivity index (χ4v) is 4.07. The highest BCUT2D eigenvalue weighted by Gasteiger charge is 2.46. The molecule has 3 rings (SSSR count). The molecular weight excluding hydrogens is 328 g/mol. The molecule has 2 atom stereocenters. The first-order chi connectivity index (χ1) is 12.4. The number of benzene rings is 1. The second-order valence-electron chi connectivity index (χ2n) is 7.41. The molecule has 1 aliphatic heterocycles. The van der Waals surface area contributed by atoms with Gasteiger partial charge in [0, 0.05) is 18.7 Å². The average molecular weight is 354 g/mol. The molecule has 26 heavy (non-hydrogen) atoms. The molecule has 0 bridgehead atoms. The van der Waals surface area contributed by atoms with Crippen LogP contribution in [0.25, 0.3) is 0 Å². The van der Waals surface area contributed by atoms with E-state index < -0.39 is 0 Å². The number of nitrogens with zero attached hydrogens (tertiary/aromatic N) is 1. The fourth-order valence-electron chi connectivity index (χ4n) is 4.07. The molecule has 1 saturated heterocycles. The first-order valence-corrected chi connectivity index (χ1v) is 9.26. The molecule has 3 amide bonds. The molecule has 0 unspecified atom stereocenters. The number of hydrogen-bond acceptors (Lipinski definition) is 3. The third-order valence-electron chi connectivity index (χ3n) is 5.33. The number of allylic oxidation sites excluding steroid dienone is 2. The Labute approximate surface area is 154 Å². The number of rotatable bonds is 5. The van der Waals surface area contributed by atoms with Gasteiger partial charge in [-0.1, -0.05) is 29.8 Å². The van der Waals surface area contributed by atoms with Crippen molar-refractivity contribution in [2.75, 3.05) is 11.9 Å². The zero-order chi connectivity index (χ0) is 18.8. The summed E-state index contributed by atoms with van der Waals surface area (Å²) in [6.45, 7) is 6.31. The Morgan fingerprint density at radius 3 is 2.12 bits per heavy atom. The van der Waals surface area contributed by atoms with Crippen LogP contribution in [0.5, 0.6) is 0 Å². The van der Waals surface area contributed by atoms with Gasteiger partial charge in [0.1, 0.15) is 0 Å². The first-order valence-electron chi connectivity index (χ1n) is 9.26. The zero-order valence-corrected chi connectivity index (χ0v) is 15.7. The topological polar surface area (TPSA) is 66.5 Å². The third-order valence-corrected chi connectivity index (χ3v) is 5.33. The maximum Gasteiger partial charge on any atom is 0.233 e. The number of likely N-dealkylation sites (tertiary alicyclic amines) is 1. The number of anilines is 1. The lowest BCUT2D eigenvalue weighted by atomic mass is 9.85. The summed E-state index contributed by atoms with van der Waals surface area (Å²) >= 11 is 0. The molecule has 1 aliphatic carbocycles. The summed E-state index contributed by atoms with van der Waals surface area (Å²) in [5.74, 6) is -0.624. The van der Waals surface area contributed by atoms with Crippen LogP contribution in [-0.4, -0.2) is 29.2 Å². The van der Waals surface area contributed by atoms with Crippen LogP contribution in [0.1, 0.15) is 42.4 Å². The molecule has 5 nitrogen and oxygen atoms in total. The molecule has 0 aromatic heterocycles. The molecule has 0 spiro atoms. The van der Waals surface area contributed by atoms with Crippen LogP contribution in [0.2, 0.25) is 0 Å². The molecule has 0 radical (unpaired) electrons. The second kappa shape index (κ2) is 7.44. The van der Waals surface area contributed by atoms with Crippen molar-refractivity contribution < 1.29 is 14.4 Å². The van der Waals surface area contributed by atoms with Crippen LogP contribution < -0.4 is 5.32 Å². The van der Waals surface area contributed by atoms with Crippen molar-refractivity contribution in [2.45, 2.75) is 46.5 Å². The highest BCUT2D eigenvalue weighted by molar-refractivity contribution is 6.05. The largest absolute Gasteiger partial charge is 0.326 e. The van der Waals surface area contributed by atoms with Crippen LogP contribution in [0.3, 0.4) is 0 Å². The van der Waals surface area contributed by atoms with E-state index in [2.05, 4.69) is 5.32 Å². The molecule has 1 heterocycles. The lowest BCUT2D eigenvalue weighted by molar-refractivity contribution is -0.140. The van der Waals surface area contributed by atoms with E-state index in [-0.39, 0.29) is 36.0 Å². The van der Waals surface area contributed by atoms with Crippen LogP contribution in [0.4, 0.5) is 5.69 Å². The second-order valence-corrected chi connectivity index (χ2v) is 7.41. The van der Waals surface area contributed by atoms with E-state index in [0.29, 0.717) is 25.8 Å². The van der Waals surface area contributed by atoms with Gasteiger partial charge in [-0.2, -0.15) is 0 Å². The summed E-state index contributed by atoms with van der Waals surface area (Å²) in [7, 11) is 0. The quantitative estimate of drug-likeness (QED) is 0.652. The maximum atomic E-state index is 12.4. The van der Waals surface area contributed by atoms with Crippen molar-refractivity contribution in [2.24, 2.45) is 11.8 Å². The summed E-state index contributed by atoms with van der Waals surface area (Å²) in [5.41, 5.74) is 4.10. The van der Waals surface area contributed by atoms with Crippen molar-refractivity contribution in [3.8, 4) is 0 Å². The molecule has 2 aliphatic rings. The predicted molar refractivity (Wildman–Crippen MR) is 101 cm³/mol. The van der Waals surface area contributed by atoms with Gasteiger partial charge in [-0.05, 0) is 51.2 Å². The number of hydrogen-bond donors (Lipinski definition) is 1. The molecule has 1 fully saturated rings. The number of carbonyl (C=O) groups is 3. The highest BCUT2D eigenvalue weighted by atomic mass is 16.2. The summed E-state index contributed by atoms with van der Waals surface area (Å²) in [4.78, 5) is 38.5. The maximum absolute atomic E-state index is 12.4. The van der Waals surface area contributed by atoms with E-state index >= 15 is 0 Å². The monoisotopic (exact) mass is 354 g/mol. The molecule has 0 saturated carbocycles. The Morgan fingerprint density at radius 1 is 1.04 bits per heavy atom. The Balaban J connectivity index is 1.53. The Kier molecular flexibility index (Phi) is 5.25. The van der Waals surface area contributed by atoms with Gasteiger partial charge in [0.2, 0.25) is 17.7 Å². The van der Waals surface area contributed by atoms with Crippen molar-refractivity contribution in [3.63, 3.8) is 0 Å². The molecule has 1 N–H and O–H groups in total. The normalized spacial score (nSPS) is 21.9. The van der Waals surface area contributed by atoms with Gasteiger partial charge in [-0.3, -0.25) is 19.3 Å². The summed E-state index contributed by atoms with van der Waals surface area (Å²) < 4.78 is 0. The van der Waals surface area contributed by atoms with Gasteiger partial charge in [0.15, 0.2) is 0 Å². The van der Waals surface area contributed by atoms with E-state index in [0.717, 1.165) is 16.8 Å². The van der Waals surface area contributed by atoms with Gasteiger partial charge >= 0.3 is 0 Å². The van der Waals surface area contributed by atoms with E-state index in [9.17, 15) is 14.4 Å². The number of carbonyl (C=O) groups excluding carboxylic acids is 3. The SMILES string of the molecule is Cc1cc(C)c(NC(=O)CCCN2C(=O)[C@@H]3CC=CC[C@H]3C2=O)c(C)c1. The van der Waals surface area contributed by atoms with E-state index in [1.165, 1.54) is 10.5 Å². The standard InChI is InChI=1S/C21H26N2O3/c1-13-11-14(2)19(15(3)12-13)22-18(24)9-6-10-23-20(25)16-7-4-5-8-17(16)21(23)26/h4-5,11-12,16-17H,6-10H2,1-3H3,(H,22,24)/t16-,17-/m1/s1. The van der Waals surface area contributed by atoms with Crippen molar-refractivity contribution in [1.82, 2.24) is 4.90 Å². The van der Waals surface area contributed by atoms with Gasteiger partial charge in [-0.15, -0.1) is 0 Å². The zero-order valence-electron chi connectivity index (χ0n) is 15.7. The molecule has 1 aromatic rings. The molecule has 5 heteroatoms. The molecule has 1 aromatic carbocycles. The number of fused-ring (bicyclic) bond motifs is 1. The first kappa shape index (κ1) is 18.4. The van der Waals surface area contributed by atoms with Crippen molar-refractivity contribution in [1.29, 1.82) is 0 Å². The fraction of sp³-hybridized carbons (Fsp3) is 0.476. The summed E-state index contributed by atoms with van der Waals surface area (Å²) in [6, 6.07) is 4.08. The average Bonchev–Trinajstić information content (AvgIpc) is 2.83. The minimum absolute atomic E-state index is 0.0741. The lowest BCUT2D eigenvalue weighted by Gasteiger charge is -2.15. The third kappa shape index (κ3) is 3.57. The van der Waals surface area contributed by atoms with Crippen LogP contribution in [-0.2, 0) is 14.4 Å². The highest BCUT2D eigenvalue weighted by Crippen LogP contribution is 2.35. The lowest BCUT2D eigenvalue weighted by Crippen LogP contribution is -2.32. The number of nitrogens with one attached hydrogen (secondary N) is 1. The minimum atomic E-state index is -0.195. The van der Waals surface area contributed by atoms with Crippen LogP contribution in [0, 0.1) is 32.6 Å². The minimum Gasteiger partial charge on any atom is -0.326 e. The Bertz CT molecular complexity index is 732. The number of amides is 3. The smallest absolute Gasteiger partial charge is 0.233 e. The Morgan fingerprint density at radius 2 is 1.58 bits per heavy atom. The summed E-state index contributed by atoms with van der Waals surface area (Å²) in [5, 5.41) is 2.97. The van der Waals surface area contributed by atoms with Gasteiger partial charge in [0.25, 0.3) is 0 Å². The number of imide groups is 1. The Hall–Kier alpha value is -2.43. The van der Waals surface area contributed by atoms with Gasteiger partial charge in [0.05, 0.1) is 11.8 Å². The van der Waals surface area contributed by atoms with Crippen molar-refractivity contribution >= 4 is 23.4 Å².